The smallest absolute Gasteiger partial charge is 0.273 e. The summed E-state index contributed by atoms with van der Waals surface area (Å²) in [6.07, 6.45) is 0. The van der Waals surface area contributed by atoms with Crippen LogP contribution in [0, 0.1) is 0 Å². The lowest BCUT2D eigenvalue weighted by molar-refractivity contribution is 0.101. The van der Waals surface area contributed by atoms with Crippen LogP contribution in [0.3, 0.4) is 0 Å². The Morgan fingerprint density at radius 2 is 1.78 bits per heavy atom. The number of sulfonamides is 1. The Bertz CT molecular complexity index is 1120. The van der Waals surface area contributed by atoms with E-state index in [2.05, 4.69) is 15.5 Å². The quantitative estimate of drug-likeness (QED) is 0.579. The van der Waals surface area contributed by atoms with Crippen molar-refractivity contribution in [3.63, 3.8) is 0 Å². The molecule has 1 amide bonds. The minimum atomic E-state index is -4.15. The zero-order valence-corrected chi connectivity index (χ0v) is 15.1. The highest BCUT2D eigenvalue weighted by Crippen LogP contribution is 2.23. The number of amides is 1. The number of carbonyl (C=O) groups excluding carboxylic acids is 2. The number of nitrogens with zero attached hydrogens (tertiary/aromatic N) is 1. The lowest BCUT2D eigenvalue weighted by atomic mass is 10.1. The van der Waals surface area contributed by atoms with Crippen molar-refractivity contribution >= 4 is 27.4 Å². The van der Waals surface area contributed by atoms with Crippen LogP contribution < -0.4 is 10.5 Å². The molecular formula is C18H16N4O4S. The van der Waals surface area contributed by atoms with Crippen LogP contribution in [0.2, 0.25) is 0 Å². The molecule has 27 heavy (non-hydrogen) atoms. The number of H-pyrrole nitrogens is 1. The molecule has 138 valence electrons. The number of nitrogens with two attached hydrogens (primary N) is 1. The van der Waals surface area contributed by atoms with Gasteiger partial charge >= 0.3 is 0 Å². The number of hydrogen-bond donors (Lipinski definition) is 3. The van der Waals surface area contributed by atoms with Gasteiger partial charge in [0.25, 0.3) is 5.91 Å². The van der Waals surface area contributed by atoms with Crippen molar-refractivity contribution in [1.82, 2.24) is 10.2 Å². The predicted molar refractivity (Wildman–Crippen MR) is 99.8 cm³/mol. The van der Waals surface area contributed by atoms with Crippen LogP contribution in [0.1, 0.15) is 27.8 Å². The van der Waals surface area contributed by atoms with E-state index in [4.69, 9.17) is 5.14 Å². The third-order valence-electron chi connectivity index (χ3n) is 3.83. The zero-order valence-electron chi connectivity index (χ0n) is 14.3. The molecule has 3 aromatic rings. The largest absolute Gasteiger partial charge is 0.319 e. The van der Waals surface area contributed by atoms with E-state index in [9.17, 15) is 18.0 Å². The Hall–Kier alpha value is -3.30. The Balaban J connectivity index is 1.91. The van der Waals surface area contributed by atoms with Crippen molar-refractivity contribution in [2.45, 2.75) is 11.8 Å². The van der Waals surface area contributed by atoms with Gasteiger partial charge in [0.2, 0.25) is 10.0 Å². The normalized spacial score (nSPS) is 11.2. The summed E-state index contributed by atoms with van der Waals surface area (Å²) in [5.41, 5.74) is 1.68. The van der Waals surface area contributed by atoms with Crippen molar-refractivity contribution < 1.29 is 18.0 Å². The summed E-state index contributed by atoms with van der Waals surface area (Å²) in [6.45, 7) is 1.30. The van der Waals surface area contributed by atoms with E-state index in [1.807, 2.05) is 30.3 Å². The van der Waals surface area contributed by atoms with Gasteiger partial charge in [-0.1, -0.05) is 30.3 Å². The molecule has 0 saturated heterocycles. The van der Waals surface area contributed by atoms with Crippen molar-refractivity contribution in [2.24, 2.45) is 5.14 Å². The Morgan fingerprint density at radius 3 is 2.41 bits per heavy atom. The molecule has 0 saturated carbocycles. The standard InChI is InChI=1S/C18H16N4O4S/c1-11(23)13-7-8-14(17(9-13)27(19,25)26)20-18(24)16-10-15(21-22-16)12-5-3-2-4-6-12/h2-10H,1H3,(H,20,24)(H,21,22)(H2,19,25,26). The number of hydrogen-bond acceptors (Lipinski definition) is 5. The SMILES string of the molecule is CC(=O)c1ccc(NC(=O)c2cc(-c3ccccc3)n[nH]2)c(S(N)(=O)=O)c1. The maximum atomic E-state index is 12.5. The van der Waals surface area contributed by atoms with Gasteiger partial charge in [0, 0.05) is 11.1 Å². The minimum Gasteiger partial charge on any atom is -0.319 e. The molecule has 0 radical (unpaired) electrons. The van der Waals surface area contributed by atoms with Crippen LogP contribution in [0.5, 0.6) is 0 Å². The van der Waals surface area contributed by atoms with Gasteiger partial charge < -0.3 is 5.32 Å². The first kappa shape index (κ1) is 18.5. The molecule has 1 aromatic heterocycles. The van der Waals surface area contributed by atoms with Gasteiger partial charge in [0.05, 0.1) is 11.4 Å². The number of rotatable bonds is 5. The first-order valence-corrected chi connectivity index (χ1v) is 9.40. The van der Waals surface area contributed by atoms with E-state index >= 15 is 0 Å². The Kier molecular flexibility index (Phi) is 4.89. The first-order chi connectivity index (χ1) is 12.8. The van der Waals surface area contributed by atoms with E-state index in [1.165, 1.54) is 19.1 Å². The van der Waals surface area contributed by atoms with Crippen LogP contribution in [0.15, 0.2) is 59.5 Å². The number of Topliss-reactive ketones (excluding diaryl/α,β-unsaturated/α-hetero) is 1. The highest BCUT2D eigenvalue weighted by Gasteiger charge is 2.19. The molecular weight excluding hydrogens is 368 g/mol. The van der Waals surface area contributed by atoms with E-state index < -0.39 is 15.9 Å². The second-order valence-electron chi connectivity index (χ2n) is 5.80. The van der Waals surface area contributed by atoms with Gasteiger partial charge in [-0.25, -0.2) is 13.6 Å². The third-order valence-corrected chi connectivity index (χ3v) is 4.79. The summed E-state index contributed by atoms with van der Waals surface area (Å²) in [4.78, 5) is 23.6. The Morgan fingerprint density at radius 1 is 1.07 bits per heavy atom. The molecule has 0 aliphatic carbocycles. The molecule has 1 heterocycles. The molecule has 0 unspecified atom stereocenters. The molecule has 3 rings (SSSR count). The fourth-order valence-electron chi connectivity index (χ4n) is 2.46. The maximum Gasteiger partial charge on any atom is 0.273 e. The van der Waals surface area contributed by atoms with Crippen LogP contribution in [-0.4, -0.2) is 30.3 Å². The molecule has 0 aliphatic heterocycles. The summed E-state index contributed by atoms with van der Waals surface area (Å²) >= 11 is 0. The van der Waals surface area contributed by atoms with Gasteiger partial charge in [0.15, 0.2) is 5.78 Å². The molecule has 4 N–H and O–H groups in total. The van der Waals surface area contributed by atoms with E-state index in [1.54, 1.807) is 6.07 Å². The van der Waals surface area contributed by atoms with Crippen LogP contribution in [-0.2, 0) is 10.0 Å². The second-order valence-corrected chi connectivity index (χ2v) is 7.33. The number of carbonyl (C=O) groups is 2. The van der Waals surface area contributed by atoms with Crippen molar-refractivity contribution in [1.29, 1.82) is 0 Å². The topological polar surface area (TPSA) is 135 Å². The number of primary sulfonamides is 1. The minimum absolute atomic E-state index is 0.0247. The predicted octanol–water partition coefficient (Wildman–Crippen LogP) is 2.18. The number of aromatic amines is 1. The molecule has 8 nitrogen and oxygen atoms in total. The molecule has 0 fully saturated rings. The average Bonchev–Trinajstić information content (AvgIpc) is 3.12. The summed E-state index contributed by atoms with van der Waals surface area (Å²) in [7, 11) is -4.15. The van der Waals surface area contributed by atoms with Gasteiger partial charge in [0.1, 0.15) is 10.6 Å². The van der Waals surface area contributed by atoms with Gasteiger partial charge in [-0.15, -0.1) is 0 Å². The molecule has 0 aliphatic rings. The number of anilines is 1. The van der Waals surface area contributed by atoms with Gasteiger partial charge in [-0.2, -0.15) is 5.10 Å². The summed E-state index contributed by atoms with van der Waals surface area (Å²) in [6, 6.07) is 14.7. The van der Waals surface area contributed by atoms with Crippen molar-refractivity contribution in [2.75, 3.05) is 5.32 Å². The lowest BCUT2D eigenvalue weighted by Crippen LogP contribution is -2.19. The van der Waals surface area contributed by atoms with E-state index in [0.29, 0.717) is 5.69 Å². The van der Waals surface area contributed by atoms with Crippen LogP contribution >= 0.6 is 0 Å². The maximum absolute atomic E-state index is 12.5. The lowest BCUT2D eigenvalue weighted by Gasteiger charge is -2.10. The number of benzene rings is 2. The second kappa shape index (κ2) is 7.14. The Labute approximate surface area is 155 Å². The summed E-state index contributed by atoms with van der Waals surface area (Å²) in [5.74, 6) is -0.913. The highest BCUT2D eigenvalue weighted by atomic mass is 32.2. The molecule has 0 spiro atoms. The summed E-state index contributed by atoms with van der Waals surface area (Å²) in [5, 5.41) is 14.4. The van der Waals surface area contributed by atoms with Crippen molar-refractivity contribution in [3.05, 3.63) is 65.9 Å². The summed E-state index contributed by atoms with van der Waals surface area (Å²) < 4.78 is 23.7. The monoisotopic (exact) mass is 384 g/mol. The third kappa shape index (κ3) is 4.10. The number of aromatic nitrogens is 2. The fourth-order valence-corrected chi connectivity index (χ4v) is 3.18. The molecule has 9 heteroatoms. The molecule has 0 bridgehead atoms. The van der Waals surface area contributed by atoms with Crippen LogP contribution in [0.4, 0.5) is 5.69 Å². The average molecular weight is 384 g/mol. The van der Waals surface area contributed by atoms with E-state index in [-0.39, 0.29) is 27.6 Å². The first-order valence-electron chi connectivity index (χ1n) is 7.85. The van der Waals surface area contributed by atoms with Crippen molar-refractivity contribution in [3.8, 4) is 11.3 Å². The fraction of sp³-hybridized carbons (Fsp3) is 0.0556. The highest BCUT2D eigenvalue weighted by molar-refractivity contribution is 7.89. The van der Waals surface area contributed by atoms with Gasteiger partial charge in [-0.05, 0) is 31.2 Å². The van der Waals surface area contributed by atoms with Crippen LogP contribution in [0.25, 0.3) is 11.3 Å². The van der Waals surface area contributed by atoms with E-state index in [0.717, 1.165) is 11.6 Å². The molecule has 2 aromatic carbocycles. The number of ketones is 1. The molecule has 0 atom stereocenters. The zero-order chi connectivity index (χ0) is 19.6. The van der Waals surface area contributed by atoms with Gasteiger partial charge in [-0.3, -0.25) is 14.7 Å². The number of nitrogens with one attached hydrogen (secondary N) is 2.